The number of hydrogen-bond acceptors (Lipinski definition) is 9. The highest BCUT2D eigenvalue weighted by Crippen LogP contribution is 2.52. The third kappa shape index (κ3) is 3.42. The molecule has 2 fully saturated rings. The number of ether oxygens (including phenoxy) is 1. The van der Waals surface area contributed by atoms with Crippen molar-refractivity contribution >= 4 is 24.8 Å². The predicted molar refractivity (Wildman–Crippen MR) is 98.7 cm³/mol. The molecule has 4 rings (SSSR count). The first-order valence-corrected chi connectivity index (χ1v) is 10.9. The SMILES string of the molecule is CCCCN(CC)c1ncnc2c1ncn2[C@@H]1O[C@@H]2COP(=O)(O)O[C@H]2[C@H]1O. The first-order valence-electron chi connectivity index (χ1n) is 9.37. The predicted octanol–water partition coefficient (Wildman–Crippen LogP) is 1.23. The lowest BCUT2D eigenvalue weighted by atomic mass is 10.1. The first kappa shape index (κ1) is 19.7. The first-order chi connectivity index (χ1) is 13.4. The highest BCUT2D eigenvalue weighted by Gasteiger charge is 2.52. The molecule has 2 N–H and O–H groups in total. The molecule has 2 aliphatic rings. The molecule has 2 aromatic rings. The van der Waals surface area contributed by atoms with Crippen LogP contribution in [-0.4, -0.2) is 67.5 Å². The standard InChI is InChI=1S/C16H24N5O6P/c1-3-5-6-20(4-2)14-11-15(18-8-17-14)21(9-19-11)16-12(22)13-10(26-16)7-25-28(23,24)27-13/h8-10,12-13,16,22H,3-7H2,1-2H3,(H,23,24)/t10-,12-,13-,16-/m1/s1. The molecular formula is C16H24N5O6P. The second kappa shape index (κ2) is 7.66. The Morgan fingerprint density at radius 1 is 1.36 bits per heavy atom. The molecule has 28 heavy (non-hydrogen) atoms. The van der Waals surface area contributed by atoms with Crippen molar-refractivity contribution in [2.75, 3.05) is 24.6 Å². The van der Waals surface area contributed by atoms with E-state index < -0.39 is 32.4 Å². The Morgan fingerprint density at radius 3 is 2.93 bits per heavy atom. The van der Waals surface area contributed by atoms with Gasteiger partial charge in [0.25, 0.3) is 0 Å². The van der Waals surface area contributed by atoms with Gasteiger partial charge < -0.3 is 19.6 Å². The number of fused-ring (bicyclic) bond motifs is 2. The molecule has 1 unspecified atom stereocenters. The van der Waals surface area contributed by atoms with E-state index in [1.165, 1.54) is 12.7 Å². The molecule has 0 aliphatic carbocycles. The number of aliphatic hydroxyl groups excluding tert-OH is 1. The van der Waals surface area contributed by atoms with Crippen LogP contribution >= 0.6 is 7.82 Å². The van der Waals surface area contributed by atoms with Crippen LogP contribution in [0.1, 0.15) is 32.9 Å². The Hall–Kier alpha value is -1.62. The van der Waals surface area contributed by atoms with E-state index in [1.807, 2.05) is 0 Å². The summed E-state index contributed by atoms with van der Waals surface area (Å²) in [4.78, 5) is 24.8. The summed E-state index contributed by atoms with van der Waals surface area (Å²) in [7, 11) is -4.18. The van der Waals surface area contributed by atoms with Gasteiger partial charge in [-0.05, 0) is 13.3 Å². The van der Waals surface area contributed by atoms with Crippen LogP contribution in [-0.2, 0) is 18.3 Å². The summed E-state index contributed by atoms with van der Waals surface area (Å²) in [6.45, 7) is 5.69. The van der Waals surface area contributed by atoms with Gasteiger partial charge in [-0.1, -0.05) is 13.3 Å². The van der Waals surface area contributed by atoms with Gasteiger partial charge in [-0.2, -0.15) is 0 Å². The summed E-state index contributed by atoms with van der Waals surface area (Å²) in [6, 6.07) is 0. The zero-order valence-electron chi connectivity index (χ0n) is 15.7. The zero-order chi connectivity index (χ0) is 19.9. The van der Waals surface area contributed by atoms with Gasteiger partial charge in [0.2, 0.25) is 0 Å². The summed E-state index contributed by atoms with van der Waals surface area (Å²) in [5.74, 6) is 0.726. The summed E-state index contributed by atoms with van der Waals surface area (Å²) in [5.41, 5.74) is 1.12. The molecule has 0 amide bonds. The van der Waals surface area contributed by atoms with E-state index in [0.29, 0.717) is 11.2 Å². The van der Waals surface area contributed by atoms with Gasteiger partial charge in [0.1, 0.15) is 24.6 Å². The van der Waals surface area contributed by atoms with E-state index in [-0.39, 0.29) is 6.61 Å². The molecule has 2 saturated heterocycles. The van der Waals surface area contributed by atoms with Gasteiger partial charge in [-0.3, -0.25) is 13.6 Å². The maximum Gasteiger partial charge on any atom is 0.472 e. The third-order valence-electron chi connectivity index (χ3n) is 5.04. The van der Waals surface area contributed by atoms with Gasteiger partial charge in [-0.15, -0.1) is 0 Å². The van der Waals surface area contributed by atoms with Crippen molar-refractivity contribution in [2.45, 2.75) is 51.2 Å². The van der Waals surface area contributed by atoms with E-state index >= 15 is 0 Å². The molecule has 5 atom stereocenters. The van der Waals surface area contributed by atoms with Crippen LogP contribution in [0.4, 0.5) is 5.82 Å². The maximum absolute atomic E-state index is 11.7. The van der Waals surface area contributed by atoms with Crippen LogP contribution < -0.4 is 4.90 Å². The Kier molecular flexibility index (Phi) is 5.38. The van der Waals surface area contributed by atoms with Crippen LogP contribution in [0.15, 0.2) is 12.7 Å². The lowest BCUT2D eigenvalue weighted by Gasteiger charge is -2.27. The van der Waals surface area contributed by atoms with Crippen molar-refractivity contribution in [1.29, 1.82) is 0 Å². The number of phosphoric ester groups is 1. The van der Waals surface area contributed by atoms with Crippen molar-refractivity contribution in [3.8, 4) is 0 Å². The van der Waals surface area contributed by atoms with Crippen molar-refractivity contribution in [1.82, 2.24) is 19.5 Å². The lowest BCUT2D eigenvalue weighted by Crippen LogP contribution is -2.39. The van der Waals surface area contributed by atoms with E-state index in [0.717, 1.165) is 31.7 Å². The van der Waals surface area contributed by atoms with Crippen LogP contribution in [0.2, 0.25) is 0 Å². The number of unbranched alkanes of at least 4 members (excludes halogenated alkanes) is 1. The van der Waals surface area contributed by atoms with Crippen molar-refractivity contribution in [3.05, 3.63) is 12.7 Å². The second-order valence-electron chi connectivity index (χ2n) is 6.84. The van der Waals surface area contributed by atoms with Crippen LogP contribution in [0.25, 0.3) is 11.2 Å². The van der Waals surface area contributed by atoms with Crippen LogP contribution in [0.5, 0.6) is 0 Å². The average Bonchev–Trinajstić information content (AvgIpc) is 3.23. The molecule has 2 aromatic heterocycles. The van der Waals surface area contributed by atoms with Gasteiger partial charge in [0, 0.05) is 13.1 Å². The quantitative estimate of drug-likeness (QED) is 0.666. The minimum Gasteiger partial charge on any atom is -0.386 e. The minimum absolute atomic E-state index is 0.139. The molecular weight excluding hydrogens is 389 g/mol. The number of rotatable bonds is 6. The Bertz CT molecular complexity index is 894. The summed E-state index contributed by atoms with van der Waals surface area (Å²) < 4.78 is 28.9. The summed E-state index contributed by atoms with van der Waals surface area (Å²) >= 11 is 0. The van der Waals surface area contributed by atoms with E-state index in [1.54, 1.807) is 4.57 Å². The van der Waals surface area contributed by atoms with Gasteiger partial charge in [-0.25, -0.2) is 19.5 Å². The van der Waals surface area contributed by atoms with Gasteiger partial charge in [0.05, 0.1) is 12.9 Å². The fraction of sp³-hybridized carbons (Fsp3) is 0.688. The molecule has 0 radical (unpaired) electrons. The van der Waals surface area contributed by atoms with Gasteiger partial charge in [0.15, 0.2) is 23.2 Å². The average molecular weight is 413 g/mol. The highest BCUT2D eigenvalue weighted by molar-refractivity contribution is 7.47. The fourth-order valence-electron chi connectivity index (χ4n) is 3.59. The van der Waals surface area contributed by atoms with Crippen LogP contribution in [0.3, 0.4) is 0 Å². The van der Waals surface area contributed by atoms with Crippen molar-refractivity contribution in [2.24, 2.45) is 0 Å². The number of aromatic nitrogens is 4. The zero-order valence-corrected chi connectivity index (χ0v) is 16.6. The Morgan fingerprint density at radius 2 is 2.18 bits per heavy atom. The molecule has 4 heterocycles. The minimum atomic E-state index is -4.18. The number of aliphatic hydroxyl groups is 1. The maximum atomic E-state index is 11.7. The topological polar surface area (TPSA) is 132 Å². The number of imidazole rings is 1. The smallest absolute Gasteiger partial charge is 0.386 e. The number of phosphoric acid groups is 1. The molecule has 12 heteroatoms. The van der Waals surface area contributed by atoms with Crippen molar-refractivity contribution in [3.63, 3.8) is 0 Å². The molecule has 154 valence electrons. The summed E-state index contributed by atoms with van der Waals surface area (Å²) in [6.07, 6.45) is 1.42. The largest absolute Gasteiger partial charge is 0.472 e. The molecule has 0 aromatic carbocycles. The van der Waals surface area contributed by atoms with Crippen LogP contribution in [0, 0.1) is 0 Å². The van der Waals surface area contributed by atoms with E-state index in [2.05, 4.69) is 33.7 Å². The van der Waals surface area contributed by atoms with E-state index in [9.17, 15) is 14.6 Å². The number of hydrogen-bond donors (Lipinski definition) is 2. The normalized spacial score (nSPS) is 32.6. The molecule has 11 nitrogen and oxygen atoms in total. The highest BCUT2D eigenvalue weighted by atomic mass is 31.2. The van der Waals surface area contributed by atoms with Crippen molar-refractivity contribution < 1.29 is 28.3 Å². The molecule has 0 saturated carbocycles. The monoisotopic (exact) mass is 413 g/mol. The van der Waals surface area contributed by atoms with Gasteiger partial charge >= 0.3 is 7.82 Å². The molecule has 0 spiro atoms. The Balaban J connectivity index is 1.65. The number of nitrogens with zero attached hydrogens (tertiary/aromatic N) is 5. The molecule has 0 bridgehead atoms. The van der Waals surface area contributed by atoms with E-state index in [4.69, 9.17) is 13.8 Å². The lowest BCUT2D eigenvalue weighted by molar-refractivity contribution is -0.0664. The third-order valence-corrected chi connectivity index (χ3v) is 6.03. The second-order valence-corrected chi connectivity index (χ2v) is 8.25. The Labute approximate surface area is 161 Å². The fourth-order valence-corrected chi connectivity index (χ4v) is 4.55. The molecule has 2 aliphatic heterocycles. The summed E-state index contributed by atoms with van der Waals surface area (Å²) in [5, 5.41) is 10.6. The number of anilines is 1.